The van der Waals surface area contributed by atoms with E-state index in [1.165, 1.54) is 4.90 Å². The monoisotopic (exact) mass is 585 g/mol. The summed E-state index contributed by atoms with van der Waals surface area (Å²) in [4.78, 5) is 41.5. The van der Waals surface area contributed by atoms with Gasteiger partial charge in [0.25, 0.3) is 11.8 Å². The molecule has 1 aliphatic heterocycles. The van der Waals surface area contributed by atoms with Gasteiger partial charge in [-0.3, -0.25) is 14.4 Å². The fraction of sp³-hybridized carbons (Fsp3) is 0.433. The van der Waals surface area contributed by atoms with Crippen LogP contribution in [-0.4, -0.2) is 68.5 Å². The summed E-state index contributed by atoms with van der Waals surface area (Å²) in [5.41, 5.74) is 1.65. The van der Waals surface area contributed by atoms with E-state index < -0.39 is 40.9 Å². The van der Waals surface area contributed by atoms with E-state index in [0.717, 1.165) is 15.6 Å². The lowest BCUT2D eigenvalue weighted by Crippen LogP contribution is -2.57. The van der Waals surface area contributed by atoms with Crippen molar-refractivity contribution in [3.05, 3.63) is 64.0 Å². The van der Waals surface area contributed by atoms with Gasteiger partial charge in [-0.15, -0.1) is 22.9 Å². The number of carbonyl (C=O) groups excluding carboxylic acids is 3. The lowest BCUT2D eigenvalue weighted by atomic mass is 9.97. The van der Waals surface area contributed by atoms with E-state index in [2.05, 4.69) is 10.6 Å². The maximum atomic E-state index is 13.7. The highest BCUT2D eigenvalue weighted by molar-refractivity contribution is 7.17. The summed E-state index contributed by atoms with van der Waals surface area (Å²) in [5, 5.41) is 30.0. The zero-order valence-electron chi connectivity index (χ0n) is 23.3. The molecule has 0 spiro atoms. The maximum Gasteiger partial charge on any atom is 0.254 e. The Bertz CT molecular complexity index is 1430. The molecule has 0 radical (unpaired) electrons. The number of nitrogens with zero attached hydrogens (tertiary/aromatic N) is 1. The van der Waals surface area contributed by atoms with E-state index in [1.54, 1.807) is 37.3 Å². The molecule has 10 heteroatoms. The molecule has 1 fully saturated rings. The van der Waals surface area contributed by atoms with Gasteiger partial charge in [-0.05, 0) is 93.6 Å². The third kappa shape index (κ3) is 6.77. The number of thiophene rings is 1. The standard InChI is InChI=1S/C30H36ClN3O5S/c1-16-10-21(17(2)24(35)11-16)27(37)32-22(13-18-6-7-25-19(12-18)8-9-40-25)26(36)29(39)34-15-20(31)14-23(34)28(38)33-30(3,4)5/h6-12,20,22-23,26,35-36H,13-15H2,1-5H3,(H,32,37)(H,33,38)/t20-,22-,23-,26-/m0/s1. The van der Waals surface area contributed by atoms with Crippen LogP contribution in [0.2, 0.25) is 0 Å². The van der Waals surface area contributed by atoms with E-state index in [0.29, 0.717) is 11.1 Å². The van der Waals surface area contributed by atoms with Gasteiger partial charge in [-0.1, -0.05) is 12.1 Å². The average Bonchev–Trinajstić information content (AvgIpc) is 3.50. The van der Waals surface area contributed by atoms with Gasteiger partial charge in [0.1, 0.15) is 11.8 Å². The van der Waals surface area contributed by atoms with Gasteiger partial charge in [0.05, 0.1) is 11.4 Å². The number of amides is 3. The summed E-state index contributed by atoms with van der Waals surface area (Å²) in [6.07, 6.45) is -1.22. The summed E-state index contributed by atoms with van der Waals surface area (Å²) in [6, 6.07) is 9.20. The van der Waals surface area contributed by atoms with Crippen LogP contribution in [0.5, 0.6) is 5.75 Å². The van der Waals surface area contributed by atoms with Gasteiger partial charge in [0.15, 0.2) is 6.10 Å². The number of hydrogen-bond acceptors (Lipinski definition) is 6. The molecule has 4 atom stereocenters. The van der Waals surface area contributed by atoms with E-state index in [-0.39, 0.29) is 36.6 Å². The molecule has 1 aliphatic rings. The van der Waals surface area contributed by atoms with Crippen molar-refractivity contribution in [3.8, 4) is 5.75 Å². The summed E-state index contributed by atoms with van der Waals surface area (Å²) < 4.78 is 1.10. The number of phenols is 1. The number of rotatable bonds is 7. The van der Waals surface area contributed by atoms with Crippen molar-refractivity contribution in [2.24, 2.45) is 0 Å². The van der Waals surface area contributed by atoms with Gasteiger partial charge >= 0.3 is 0 Å². The maximum absolute atomic E-state index is 13.7. The number of likely N-dealkylation sites (tertiary alicyclic amines) is 1. The van der Waals surface area contributed by atoms with Crippen molar-refractivity contribution in [2.75, 3.05) is 6.54 Å². The highest BCUT2D eigenvalue weighted by Gasteiger charge is 2.43. The Hall–Kier alpha value is -3.14. The van der Waals surface area contributed by atoms with Crippen LogP contribution in [0.4, 0.5) is 0 Å². The molecule has 0 bridgehead atoms. The predicted octanol–water partition coefficient (Wildman–Crippen LogP) is 4.05. The number of fused-ring (bicyclic) bond motifs is 1. The van der Waals surface area contributed by atoms with Crippen molar-refractivity contribution in [3.63, 3.8) is 0 Å². The van der Waals surface area contributed by atoms with Crippen molar-refractivity contribution >= 4 is 50.7 Å². The molecule has 4 rings (SSSR count). The SMILES string of the molecule is Cc1cc(O)c(C)c(C(=O)N[C@@H](Cc2ccc3sccc3c2)[C@H](O)C(=O)N2C[C@@H](Cl)C[C@H]2C(=O)NC(C)(C)C)c1. The Labute approximate surface area is 243 Å². The number of aliphatic hydroxyl groups excluding tert-OH is 1. The van der Waals surface area contributed by atoms with Crippen LogP contribution < -0.4 is 10.6 Å². The Kier molecular flexibility index (Phi) is 8.77. The molecule has 4 N–H and O–H groups in total. The third-order valence-electron chi connectivity index (χ3n) is 7.03. The molecule has 214 valence electrons. The van der Waals surface area contributed by atoms with Gasteiger partial charge in [-0.2, -0.15) is 0 Å². The fourth-order valence-electron chi connectivity index (χ4n) is 5.03. The summed E-state index contributed by atoms with van der Waals surface area (Å²) in [7, 11) is 0. The Balaban J connectivity index is 1.63. The number of alkyl halides is 1. The lowest BCUT2D eigenvalue weighted by Gasteiger charge is -2.32. The van der Waals surface area contributed by atoms with Crippen LogP contribution in [0.25, 0.3) is 10.1 Å². The number of aryl methyl sites for hydroxylation is 1. The molecular weight excluding hydrogens is 550 g/mol. The van der Waals surface area contributed by atoms with Crippen molar-refractivity contribution in [1.82, 2.24) is 15.5 Å². The molecule has 0 unspecified atom stereocenters. The topological polar surface area (TPSA) is 119 Å². The molecule has 2 heterocycles. The highest BCUT2D eigenvalue weighted by atomic mass is 35.5. The Morgan fingerprint density at radius 2 is 1.88 bits per heavy atom. The Morgan fingerprint density at radius 1 is 1.15 bits per heavy atom. The van der Waals surface area contributed by atoms with E-state index in [9.17, 15) is 24.6 Å². The van der Waals surface area contributed by atoms with Crippen molar-refractivity contribution < 1.29 is 24.6 Å². The molecule has 1 saturated heterocycles. The number of aromatic hydroxyl groups is 1. The normalized spacial score (nSPS) is 18.9. The second kappa shape index (κ2) is 11.8. The molecule has 3 aromatic rings. The summed E-state index contributed by atoms with van der Waals surface area (Å²) in [5.74, 6) is -1.56. The fourth-order valence-corrected chi connectivity index (χ4v) is 6.12. The average molecular weight is 586 g/mol. The number of carbonyl (C=O) groups is 3. The molecule has 0 aliphatic carbocycles. The molecule has 0 saturated carbocycles. The zero-order valence-corrected chi connectivity index (χ0v) is 24.9. The summed E-state index contributed by atoms with van der Waals surface area (Å²) >= 11 is 7.99. The van der Waals surface area contributed by atoms with E-state index in [1.807, 2.05) is 50.4 Å². The van der Waals surface area contributed by atoms with Crippen LogP contribution in [0.1, 0.15) is 54.2 Å². The van der Waals surface area contributed by atoms with Gasteiger partial charge in [0.2, 0.25) is 5.91 Å². The van der Waals surface area contributed by atoms with Gasteiger partial charge in [-0.25, -0.2) is 0 Å². The van der Waals surface area contributed by atoms with Crippen LogP contribution in [0.3, 0.4) is 0 Å². The minimum Gasteiger partial charge on any atom is -0.508 e. The zero-order chi connectivity index (χ0) is 29.4. The first-order chi connectivity index (χ1) is 18.7. The van der Waals surface area contributed by atoms with E-state index >= 15 is 0 Å². The first kappa shape index (κ1) is 29.8. The third-order valence-corrected chi connectivity index (χ3v) is 8.24. The van der Waals surface area contributed by atoms with Crippen LogP contribution in [-0.2, 0) is 16.0 Å². The number of nitrogens with one attached hydrogen (secondary N) is 2. The highest BCUT2D eigenvalue weighted by Crippen LogP contribution is 2.27. The van der Waals surface area contributed by atoms with Crippen molar-refractivity contribution in [1.29, 1.82) is 0 Å². The molecule has 1 aromatic heterocycles. The van der Waals surface area contributed by atoms with E-state index in [4.69, 9.17) is 11.6 Å². The molecule has 40 heavy (non-hydrogen) atoms. The smallest absolute Gasteiger partial charge is 0.254 e. The molecule has 8 nitrogen and oxygen atoms in total. The molecule has 3 amide bonds. The molecule has 2 aromatic carbocycles. The first-order valence-electron chi connectivity index (χ1n) is 13.3. The van der Waals surface area contributed by atoms with Crippen LogP contribution >= 0.6 is 22.9 Å². The number of phenolic OH excluding ortho intramolecular Hbond substituents is 1. The van der Waals surface area contributed by atoms with Gasteiger partial charge in [0, 0.05) is 27.9 Å². The van der Waals surface area contributed by atoms with Gasteiger partial charge < -0.3 is 25.7 Å². The lowest BCUT2D eigenvalue weighted by molar-refractivity contribution is -0.146. The first-order valence-corrected chi connectivity index (χ1v) is 14.6. The van der Waals surface area contributed by atoms with Crippen molar-refractivity contribution in [2.45, 2.75) is 76.6 Å². The largest absolute Gasteiger partial charge is 0.508 e. The van der Waals surface area contributed by atoms with Crippen LogP contribution in [0.15, 0.2) is 41.8 Å². The quantitative estimate of drug-likeness (QED) is 0.312. The number of hydrogen-bond donors (Lipinski definition) is 4. The second-order valence-corrected chi connectivity index (χ2v) is 13.1. The number of benzene rings is 2. The minimum atomic E-state index is -1.65. The molecular formula is C30H36ClN3O5S. The van der Waals surface area contributed by atoms with Crippen LogP contribution in [0, 0.1) is 13.8 Å². The second-order valence-electron chi connectivity index (χ2n) is 11.6. The Morgan fingerprint density at radius 3 is 2.58 bits per heavy atom. The number of aliphatic hydroxyl groups is 1. The summed E-state index contributed by atoms with van der Waals surface area (Å²) in [6.45, 7) is 9.04. The number of halogens is 1. The minimum absolute atomic E-state index is 0.0147. The predicted molar refractivity (Wildman–Crippen MR) is 158 cm³/mol.